The van der Waals surface area contributed by atoms with E-state index in [1.807, 2.05) is 19.1 Å². The lowest BCUT2D eigenvalue weighted by atomic mass is 9.63. The Bertz CT molecular complexity index is 945. The summed E-state index contributed by atoms with van der Waals surface area (Å²) in [6, 6.07) is 4.52. The second kappa shape index (κ2) is 9.79. The van der Waals surface area contributed by atoms with Crippen LogP contribution in [0.1, 0.15) is 88.7 Å². The van der Waals surface area contributed by atoms with Crippen LogP contribution in [-0.4, -0.2) is 0 Å². The topological polar surface area (TPSA) is 0 Å². The second-order valence-electron chi connectivity index (χ2n) is 9.87. The first kappa shape index (κ1) is 22.4. The van der Waals surface area contributed by atoms with Gasteiger partial charge in [-0.15, -0.1) is 0 Å². The van der Waals surface area contributed by atoms with Crippen molar-refractivity contribution in [3.8, 4) is 0 Å². The van der Waals surface area contributed by atoms with Gasteiger partial charge >= 0.3 is 0 Å². The Labute approximate surface area is 184 Å². The fourth-order valence-corrected chi connectivity index (χ4v) is 6.34. The predicted octanol–water partition coefficient (Wildman–Crippen LogP) is 8.87. The summed E-state index contributed by atoms with van der Waals surface area (Å²) in [4.78, 5) is 0. The number of rotatable bonds is 6. The summed E-state index contributed by atoms with van der Waals surface area (Å²) in [5, 5.41) is 0.294. The predicted molar refractivity (Wildman–Crippen MR) is 123 cm³/mol. The summed E-state index contributed by atoms with van der Waals surface area (Å²) in [6.45, 7) is 4.19. The van der Waals surface area contributed by atoms with Crippen molar-refractivity contribution in [1.82, 2.24) is 0 Å². The highest BCUT2D eigenvalue weighted by Gasteiger charge is 2.37. The smallest absolute Gasteiger partial charge is 0.140 e. The highest BCUT2D eigenvalue weighted by Crippen LogP contribution is 2.49. The van der Waals surface area contributed by atoms with E-state index in [-0.39, 0.29) is 16.9 Å². The maximum Gasteiger partial charge on any atom is 0.140 e. The van der Waals surface area contributed by atoms with E-state index in [9.17, 15) is 4.39 Å². The molecular formula is C28H35F3. The summed E-state index contributed by atoms with van der Waals surface area (Å²) in [6.07, 6.45) is 14.3. The number of hydrogen-bond donors (Lipinski definition) is 0. The first-order valence-electron chi connectivity index (χ1n) is 12.2. The zero-order chi connectivity index (χ0) is 22.0. The van der Waals surface area contributed by atoms with Gasteiger partial charge in [0.1, 0.15) is 17.5 Å². The Morgan fingerprint density at radius 2 is 1.71 bits per heavy atom. The molecule has 2 aromatic carbocycles. The van der Waals surface area contributed by atoms with E-state index in [0.717, 1.165) is 37.2 Å². The van der Waals surface area contributed by atoms with Crippen LogP contribution in [0.2, 0.25) is 0 Å². The van der Waals surface area contributed by atoms with Gasteiger partial charge in [0, 0.05) is 5.56 Å². The van der Waals surface area contributed by atoms with Crippen LogP contribution in [0.5, 0.6) is 0 Å². The lowest BCUT2D eigenvalue weighted by molar-refractivity contribution is 0.112. The number of aryl methyl sites for hydroxylation is 1. The molecule has 0 aromatic heterocycles. The molecule has 0 saturated heterocycles. The standard InChI is InChI=1S/C28H35F3/c1-3-5-6-8-19-14-23-17-25(30)26(28(31)27(23)24(29)15-19)22-12-11-20-13-18(7-4-2)9-10-21(20)16-22/h3,5,14-15,17-18,20-22H,4,6-13,16H2,1-2H3/b5-3+. The maximum atomic E-state index is 15.5. The van der Waals surface area contributed by atoms with Crippen LogP contribution in [0.15, 0.2) is 30.4 Å². The van der Waals surface area contributed by atoms with Crippen LogP contribution in [0.25, 0.3) is 10.8 Å². The van der Waals surface area contributed by atoms with E-state index < -0.39 is 17.5 Å². The summed E-state index contributed by atoms with van der Waals surface area (Å²) < 4.78 is 45.6. The molecule has 0 spiro atoms. The lowest BCUT2D eigenvalue weighted by Gasteiger charge is -2.42. The second-order valence-corrected chi connectivity index (χ2v) is 9.87. The molecule has 0 nitrogen and oxygen atoms in total. The van der Waals surface area contributed by atoms with Crippen molar-refractivity contribution in [2.24, 2.45) is 17.8 Å². The largest absolute Gasteiger partial charge is 0.207 e. The summed E-state index contributed by atoms with van der Waals surface area (Å²) in [5.41, 5.74) is 0.904. The molecule has 0 radical (unpaired) electrons. The molecule has 0 N–H and O–H groups in total. The van der Waals surface area contributed by atoms with Gasteiger partial charge in [-0.25, -0.2) is 13.2 Å². The molecule has 2 aliphatic carbocycles. The first-order valence-corrected chi connectivity index (χ1v) is 12.2. The molecule has 0 bridgehead atoms. The molecule has 0 heterocycles. The van der Waals surface area contributed by atoms with Crippen LogP contribution in [0.3, 0.4) is 0 Å². The van der Waals surface area contributed by atoms with Crippen molar-refractivity contribution in [3.63, 3.8) is 0 Å². The van der Waals surface area contributed by atoms with E-state index in [1.54, 1.807) is 6.07 Å². The minimum absolute atomic E-state index is 0.0417. The Balaban J connectivity index is 1.58. The van der Waals surface area contributed by atoms with Crippen molar-refractivity contribution in [2.45, 2.75) is 84.0 Å². The fourth-order valence-electron chi connectivity index (χ4n) is 6.34. The van der Waals surface area contributed by atoms with Crippen LogP contribution >= 0.6 is 0 Å². The van der Waals surface area contributed by atoms with E-state index in [0.29, 0.717) is 23.6 Å². The van der Waals surface area contributed by atoms with Crippen molar-refractivity contribution in [1.29, 1.82) is 0 Å². The number of allylic oxidation sites excluding steroid dienone is 2. The molecule has 31 heavy (non-hydrogen) atoms. The van der Waals surface area contributed by atoms with Gasteiger partial charge in [-0.3, -0.25) is 0 Å². The van der Waals surface area contributed by atoms with E-state index in [1.165, 1.54) is 44.2 Å². The van der Waals surface area contributed by atoms with Gasteiger partial charge in [0.2, 0.25) is 0 Å². The van der Waals surface area contributed by atoms with Crippen LogP contribution < -0.4 is 0 Å². The lowest BCUT2D eigenvalue weighted by Crippen LogP contribution is -2.31. The summed E-state index contributed by atoms with van der Waals surface area (Å²) >= 11 is 0. The van der Waals surface area contributed by atoms with Crippen molar-refractivity contribution < 1.29 is 13.2 Å². The van der Waals surface area contributed by atoms with E-state index >= 15 is 8.78 Å². The first-order chi connectivity index (χ1) is 15.0. The third-order valence-corrected chi connectivity index (χ3v) is 7.84. The van der Waals surface area contributed by atoms with Crippen LogP contribution in [-0.2, 0) is 6.42 Å². The normalized spacial score (nSPS) is 26.5. The van der Waals surface area contributed by atoms with Crippen LogP contribution in [0, 0.1) is 35.2 Å². The molecule has 2 fully saturated rings. The van der Waals surface area contributed by atoms with Crippen molar-refractivity contribution >= 4 is 10.8 Å². The van der Waals surface area contributed by atoms with Gasteiger partial charge in [-0.1, -0.05) is 44.4 Å². The van der Waals surface area contributed by atoms with Gasteiger partial charge in [-0.05, 0) is 98.6 Å². The molecule has 0 amide bonds. The monoisotopic (exact) mass is 428 g/mol. The number of benzene rings is 2. The molecule has 2 aliphatic rings. The average Bonchev–Trinajstić information content (AvgIpc) is 2.73. The fraction of sp³-hybridized carbons (Fsp3) is 0.571. The molecule has 2 aromatic rings. The van der Waals surface area contributed by atoms with Crippen LogP contribution in [0.4, 0.5) is 13.2 Å². The van der Waals surface area contributed by atoms with Gasteiger partial charge in [0.25, 0.3) is 0 Å². The highest BCUT2D eigenvalue weighted by molar-refractivity contribution is 5.85. The molecule has 2 saturated carbocycles. The zero-order valence-corrected chi connectivity index (χ0v) is 18.9. The molecular weight excluding hydrogens is 393 g/mol. The third kappa shape index (κ3) is 4.71. The molecule has 168 valence electrons. The highest BCUT2D eigenvalue weighted by atomic mass is 19.1. The van der Waals surface area contributed by atoms with Gasteiger partial charge < -0.3 is 0 Å². The molecule has 4 rings (SSSR count). The Hall–Kier alpha value is -1.77. The van der Waals surface area contributed by atoms with E-state index in [2.05, 4.69) is 6.92 Å². The number of hydrogen-bond acceptors (Lipinski definition) is 0. The minimum atomic E-state index is -0.671. The maximum absolute atomic E-state index is 15.5. The van der Waals surface area contributed by atoms with Crippen molar-refractivity contribution in [2.75, 3.05) is 0 Å². The molecule has 0 aliphatic heterocycles. The van der Waals surface area contributed by atoms with Crippen molar-refractivity contribution in [3.05, 3.63) is 58.9 Å². The van der Waals surface area contributed by atoms with Gasteiger partial charge in [-0.2, -0.15) is 0 Å². The molecule has 4 atom stereocenters. The summed E-state index contributed by atoms with van der Waals surface area (Å²) in [7, 11) is 0. The Kier molecular flexibility index (Phi) is 7.08. The quantitative estimate of drug-likeness (QED) is 0.403. The van der Waals surface area contributed by atoms with E-state index in [4.69, 9.17) is 0 Å². The summed E-state index contributed by atoms with van der Waals surface area (Å²) in [5.74, 6) is 0.203. The third-order valence-electron chi connectivity index (χ3n) is 7.84. The Morgan fingerprint density at radius 1 is 0.935 bits per heavy atom. The van der Waals surface area contributed by atoms with Gasteiger partial charge in [0.15, 0.2) is 0 Å². The van der Waals surface area contributed by atoms with Gasteiger partial charge in [0.05, 0.1) is 5.39 Å². The zero-order valence-electron chi connectivity index (χ0n) is 18.9. The minimum Gasteiger partial charge on any atom is -0.207 e. The molecule has 3 heteroatoms. The number of fused-ring (bicyclic) bond motifs is 2. The SMILES string of the molecule is C/C=C/CCc1cc(F)c2c(F)c(C3CCC4CC(CCC)CCC4C3)c(F)cc2c1. The molecule has 4 unspecified atom stereocenters. The number of halogens is 3. The Morgan fingerprint density at radius 3 is 2.48 bits per heavy atom. The average molecular weight is 429 g/mol.